The molecule has 0 saturated carbocycles. The van der Waals surface area contributed by atoms with Crippen molar-refractivity contribution in [3.8, 4) is 28.4 Å². The molecule has 10 heteroatoms. The molecule has 0 bridgehead atoms. The number of ether oxygens (including phenoxy) is 1. The maximum absolute atomic E-state index is 13.8. The van der Waals surface area contributed by atoms with Crippen LogP contribution in [0, 0.1) is 19.8 Å². The third-order valence-electron chi connectivity index (χ3n) is 7.86. The molecule has 2 aliphatic rings. The van der Waals surface area contributed by atoms with Gasteiger partial charge in [0.05, 0.1) is 24.1 Å². The number of nitrogens with two attached hydrogens (primary N) is 2. The molecule has 0 spiro atoms. The maximum Gasteiger partial charge on any atom is 0.255 e. The van der Waals surface area contributed by atoms with E-state index in [1.54, 1.807) is 39.2 Å². The van der Waals surface area contributed by atoms with Gasteiger partial charge in [0, 0.05) is 11.3 Å². The van der Waals surface area contributed by atoms with E-state index in [0.717, 1.165) is 5.56 Å². The van der Waals surface area contributed by atoms with Crippen LogP contribution in [0.25, 0.3) is 21.9 Å². The second-order valence-corrected chi connectivity index (χ2v) is 9.78. The molecule has 10 nitrogen and oxygen atoms in total. The van der Waals surface area contributed by atoms with Gasteiger partial charge in [-0.15, -0.1) is 0 Å². The van der Waals surface area contributed by atoms with Crippen molar-refractivity contribution >= 4 is 28.2 Å². The summed E-state index contributed by atoms with van der Waals surface area (Å²) in [6.45, 7) is 3.33. The Kier molecular flexibility index (Phi) is 5.52. The SMILES string of the molecule is COc1ccc(-c2cc(C)c(O)c3c(O)c4c(c(C)c23)C[C@H]2[C@@H](N)C(=O)C(C(N)=O)=C(O)[C@@]2(O)C4=O)cc1. The Balaban J connectivity index is 1.86. The van der Waals surface area contributed by atoms with Crippen molar-refractivity contribution in [3.63, 3.8) is 0 Å². The number of hydrogen-bond acceptors (Lipinski definition) is 9. The fourth-order valence-corrected chi connectivity index (χ4v) is 5.82. The number of amides is 1. The molecule has 0 heterocycles. The van der Waals surface area contributed by atoms with Crippen molar-refractivity contribution in [1.29, 1.82) is 0 Å². The number of methoxy groups -OCH3 is 1. The smallest absolute Gasteiger partial charge is 0.255 e. The van der Waals surface area contributed by atoms with Crippen LogP contribution in [0.4, 0.5) is 0 Å². The van der Waals surface area contributed by atoms with Gasteiger partial charge in [0.2, 0.25) is 5.78 Å². The molecule has 38 heavy (non-hydrogen) atoms. The predicted octanol–water partition coefficient (Wildman–Crippen LogP) is 1.84. The summed E-state index contributed by atoms with van der Waals surface area (Å²) in [6.07, 6.45) is -0.188. The van der Waals surface area contributed by atoms with Gasteiger partial charge in [-0.05, 0) is 66.3 Å². The maximum atomic E-state index is 13.8. The molecular formula is C28H26N2O8. The summed E-state index contributed by atoms with van der Waals surface area (Å²) in [6, 6.07) is 7.38. The van der Waals surface area contributed by atoms with Gasteiger partial charge in [0.25, 0.3) is 5.91 Å². The van der Waals surface area contributed by atoms with Crippen LogP contribution < -0.4 is 16.2 Å². The second kappa shape index (κ2) is 8.30. The van der Waals surface area contributed by atoms with Crippen molar-refractivity contribution in [2.75, 3.05) is 7.11 Å². The molecular weight excluding hydrogens is 492 g/mol. The van der Waals surface area contributed by atoms with Crippen LogP contribution in [0.15, 0.2) is 41.7 Å². The van der Waals surface area contributed by atoms with Crippen LogP contribution >= 0.6 is 0 Å². The number of phenols is 2. The standard InChI is InChI=1S/C28H26N2O8/c1-10-8-15(12-4-6-13(38-3)7-5-12)17-11(2)14-9-16-21(29)24(33)20(27(30)36)26(35)28(16,37)25(34)18(14)23(32)19(17)22(10)31/h4-8,16,21,31-32,35,37H,9,29H2,1-3H3,(H2,30,36)/t16-,21+,28-/m0/s1. The van der Waals surface area contributed by atoms with Crippen LogP contribution in [-0.4, -0.2) is 56.7 Å². The molecule has 196 valence electrons. The number of hydrogen-bond donors (Lipinski definition) is 6. The van der Waals surface area contributed by atoms with Gasteiger partial charge in [0.1, 0.15) is 28.6 Å². The molecule has 3 aromatic carbocycles. The lowest BCUT2D eigenvalue weighted by Gasteiger charge is -2.45. The molecule has 0 fully saturated rings. The van der Waals surface area contributed by atoms with Gasteiger partial charge in [-0.2, -0.15) is 0 Å². The summed E-state index contributed by atoms with van der Waals surface area (Å²) >= 11 is 0. The van der Waals surface area contributed by atoms with Gasteiger partial charge >= 0.3 is 0 Å². The van der Waals surface area contributed by atoms with E-state index in [0.29, 0.717) is 33.4 Å². The number of benzene rings is 3. The topological polar surface area (TPSA) is 193 Å². The molecule has 8 N–H and O–H groups in total. The van der Waals surface area contributed by atoms with E-state index >= 15 is 0 Å². The first kappa shape index (κ1) is 25.2. The van der Waals surface area contributed by atoms with E-state index in [-0.39, 0.29) is 23.1 Å². The van der Waals surface area contributed by atoms with Crippen LogP contribution in [0.1, 0.15) is 27.0 Å². The van der Waals surface area contributed by atoms with Crippen molar-refractivity contribution in [1.82, 2.24) is 0 Å². The number of ketones is 2. The number of aryl methyl sites for hydroxylation is 2. The third kappa shape index (κ3) is 3.10. The minimum absolute atomic E-state index is 0.0164. The Labute approximate surface area is 216 Å². The number of phenolic OH excluding ortho intramolecular Hbond substituents is 2. The number of primary amides is 1. The number of aromatic hydroxyl groups is 2. The lowest BCUT2D eigenvalue weighted by molar-refractivity contribution is -0.127. The van der Waals surface area contributed by atoms with E-state index in [4.69, 9.17) is 16.2 Å². The minimum atomic E-state index is -2.78. The van der Waals surface area contributed by atoms with Crippen LogP contribution in [0.2, 0.25) is 0 Å². The fraction of sp³-hybridized carbons (Fsp3) is 0.250. The monoisotopic (exact) mass is 518 g/mol. The number of rotatable bonds is 3. The summed E-state index contributed by atoms with van der Waals surface area (Å²) in [5.74, 6) is -6.26. The Hall–Kier alpha value is -4.41. The minimum Gasteiger partial charge on any atom is -0.508 e. The summed E-state index contributed by atoms with van der Waals surface area (Å²) in [5.41, 5.74) is 9.89. The zero-order valence-corrected chi connectivity index (χ0v) is 20.8. The van der Waals surface area contributed by atoms with Gasteiger partial charge in [-0.3, -0.25) is 14.4 Å². The first-order valence-corrected chi connectivity index (χ1v) is 11.8. The van der Waals surface area contributed by atoms with E-state index < -0.39 is 52.1 Å². The van der Waals surface area contributed by atoms with E-state index in [2.05, 4.69) is 0 Å². The molecule has 3 aromatic rings. The van der Waals surface area contributed by atoms with Crippen molar-refractivity contribution in [2.24, 2.45) is 17.4 Å². The number of carbonyl (C=O) groups is 3. The predicted molar refractivity (Wildman–Crippen MR) is 137 cm³/mol. The highest BCUT2D eigenvalue weighted by Crippen LogP contribution is 2.52. The zero-order chi connectivity index (χ0) is 27.8. The molecule has 0 unspecified atom stereocenters. The fourth-order valence-electron chi connectivity index (χ4n) is 5.82. The normalized spacial score (nSPS) is 22.9. The highest BCUT2D eigenvalue weighted by molar-refractivity contribution is 6.25. The molecule has 0 saturated heterocycles. The first-order chi connectivity index (χ1) is 17.9. The number of fused-ring (bicyclic) bond motifs is 3. The van der Waals surface area contributed by atoms with Crippen molar-refractivity contribution in [3.05, 3.63) is 63.9 Å². The van der Waals surface area contributed by atoms with E-state index in [1.807, 2.05) is 12.1 Å². The van der Waals surface area contributed by atoms with Crippen molar-refractivity contribution < 1.29 is 39.5 Å². The van der Waals surface area contributed by atoms with E-state index in [1.165, 1.54) is 0 Å². The second-order valence-electron chi connectivity index (χ2n) is 9.78. The zero-order valence-electron chi connectivity index (χ0n) is 20.8. The Bertz CT molecular complexity index is 1620. The molecule has 2 aliphatic carbocycles. The average Bonchev–Trinajstić information content (AvgIpc) is 2.88. The highest BCUT2D eigenvalue weighted by Gasteiger charge is 2.61. The molecule has 0 radical (unpaired) electrons. The molecule has 0 aliphatic heterocycles. The van der Waals surface area contributed by atoms with Gasteiger partial charge < -0.3 is 36.6 Å². The highest BCUT2D eigenvalue weighted by atomic mass is 16.5. The third-order valence-corrected chi connectivity index (χ3v) is 7.86. The lowest BCUT2D eigenvalue weighted by atomic mass is 9.61. The Morgan fingerprint density at radius 2 is 1.68 bits per heavy atom. The Morgan fingerprint density at radius 1 is 1.05 bits per heavy atom. The Morgan fingerprint density at radius 3 is 2.26 bits per heavy atom. The molecule has 1 amide bonds. The number of aliphatic hydroxyl groups is 2. The van der Waals surface area contributed by atoms with Gasteiger partial charge in [0.15, 0.2) is 11.4 Å². The largest absolute Gasteiger partial charge is 0.508 e. The van der Waals surface area contributed by atoms with Gasteiger partial charge in [-0.1, -0.05) is 12.1 Å². The van der Waals surface area contributed by atoms with Gasteiger partial charge in [-0.25, -0.2) is 0 Å². The number of Topliss-reactive ketones (excluding diaryl/α,β-unsaturated/α-hetero) is 2. The molecule has 5 rings (SSSR count). The number of aliphatic hydroxyl groups excluding tert-OH is 1. The lowest BCUT2D eigenvalue weighted by Crippen LogP contribution is -2.64. The van der Waals surface area contributed by atoms with Crippen molar-refractivity contribution in [2.45, 2.75) is 31.9 Å². The average molecular weight is 519 g/mol. The van der Waals surface area contributed by atoms with Crippen LogP contribution in [0.5, 0.6) is 17.2 Å². The van der Waals surface area contributed by atoms with Crippen LogP contribution in [0.3, 0.4) is 0 Å². The summed E-state index contributed by atoms with van der Waals surface area (Å²) < 4.78 is 5.24. The van der Waals surface area contributed by atoms with E-state index in [9.17, 15) is 34.8 Å². The summed E-state index contributed by atoms with van der Waals surface area (Å²) in [5, 5.41) is 45.2. The summed E-state index contributed by atoms with van der Waals surface area (Å²) in [7, 11) is 1.54. The van der Waals surface area contributed by atoms with Crippen LogP contribution in [-0.2, 0) is 16.0 Å². The molecule has 0 aromatic heterocycles. The molecule has 3 atom stereocenters. The first-order valence-electron chi connectivity index (χ1n) is 11.8. The summed E-state index contributed by atoms with van der Waals surface area (Å²) in [4.78, 5) is 38.5. The quantitative estimate of drug-likeness (QED) is 0.281. The number of carbonyl (C=O) groups excluding carboxylic acids is 3.